The molecule has 0 radical (unpaired) electrons. The highest BCUT2D eigenvalue weighted by Crippen LogP contribution is 2.23. The number of halogens is 2. The molecule has 0 aliphatic rings. The van der Waals surface area contributed by atoms with Crippen molar-refractivity contribution in [3.63, 3.8) is 0 Å². The second-order valence-corrected chi connectivity index (χ2v) is 8.07. The maximum atomic E-state index is 12.0. The van der Waals surface area contributed by atoms with Crippen LogP contribution in [0.25, 0.3) is 11.1 Å². The summed E-state index contributed by atoms with van der Waals surface area (Å²) in [6, 6.07) is 19.8. The van der Waals surface area contributed by atoms with Gasteiger partial charge in [-0.1, -0.05) is 47.5 Å². The molecule has 0 bridgehead atoms. The van der Waals surface area contributed by atoms with Crippen LogP contribution in [0.2, 0.25) is 10.0 Å². The first-order chi connectivity index (χ1) is 15.5. The van der Waals surface area contributed by atoms with Gasteiger partial charge >= 0.3 is 0 Å². The van der Waals surface area contributed by atoms with Crippen LogP contribution in [-0.4, -0.2) is 22.6 Å². The summed E-state index contributed by atoms with van der Waals surface area (Å²) < 4.78 is 11.2. The van der Waals surface area contributed by atoms with Crippen LogP contribution in [0.3, 0.4) is 0 Å². The maximum absolute atomic E-state index is 12.0. The molecule has 0 saturated heterocycles. The molecule has 162 valence electrons. The molecule has 0 fully saturated rings. The van der Waals surface area contributed by atoms with Crippen molar-refractivity contribution >= 4 is 63.2 Å². The fourth-order valence-electron chi connectivity index (χ4n) is 2.93. The third kappa shape index (κ3) is 5.76. The number of fused-ring (bicyclic) bond motifs is 1. The summed E-state index contributed by atoms with van der Waals surface area (Å²) in [4.78, 5) is 16.5. The van der Waals surface area contributed by atoms with Crippen LogP contribution < -0.4 is 15.4 Å². The number of oxazole rings is 1. The van der Waals surface area contributed by atoms with Crippen LogP contribution in [0.15, 0.2) is 71.1 Å². The monoisotopic (exact) mass is 485 g/mol. The van der Waals surface area contributed by atoms with E-state index in [2.05, 4.69) is 15.6 Å². The number of thiocarbonyl (C=S) groups is 1. The zero-order valence-electron chi connectivity index (χ0n) is 16.6. The van der Waals surface area contributed by atoms with Crippen molar-refractivity contribution in [3.05, 3.63) is 88.2 Å². The van der Waals surface area contributed by atoms with E-state index in [-0.39, 0.29) is 11.7 Å². The highest BCUT2D eigenvalue weighted by atomic mass is 35.5. The largest absolute Gasteiger partial charge is 0.482 e. The lowest BCUT2D eigenvalue weighted by atomic mass is 10.1. The van der Waals surface area contributed by atoms with Crippen molar-refractivity contribution in [2.24, 2.45) is 0 Å². The summed E-state index contributed by atoms with van der Waals surface area (Å²) in [5, 5.41) is 6.75. The van der Waals surface area contributed by atoms with Gasteiger partial charge in [0.1, 0.15) is 11.3 Å². The normalized spacial score (nSPS) is 10.7. The number of nitrogens with one attached hydrogen (secondary N) is 2. The minimum atomic E-state index is -0.393. The first kappa shape index (κ1) is 22.1. The Bertz CT molecular complexity index is 1280. The number of benzene rings is 3. The van der Waals surface area contributed by atoms with E-state index in [0.717, 1.165) is 16.8 Å². The smallest absolute Gasteiger partial charge is 0.264 e. The van der Waals surface area contributed by atoms with Crippen LogP contribution in [0.1, 0.15) is 11.5 Å². The Morgan fingerprint density at radius 2 is 1.84 bits per heavy atom. The van der Waals surface area contributed by atoms with Crippen molar-refractivity contribution in [1.29, 1.82) is 0 Å². The molecule has 0 saturated carbocycles. The second-order valence-electron chi connectivity index (χ2n) is 6.81. The van der Waals surface area contributed by atoms with E-state index >= 15 is 0 Å². The summed E-state index contributed by atoms with van der Waals surface area (Å²) in [7, 11) is 0. The van der Waals surface area contributed by atoms with Gasteiger partial charge in [-0.25, -0.2) is 4.98 Å². The number of hydrogen-bond acceptors (Lipinski definition) is 5. The van der Waals surface area contributed by atoms with Gasteiger partial charge in [-0.2, -0.15) is 0 Å². The first-order valence-corrected chi connectivity index (χ1v) is 10.7. The van der Waals surface area contributed by atoms with Gasteiger partial charge in [-0.15, -0.1) is 0 Å². The number of para-hydroxylation sites is 1. The van der Waals surface area contributed by atoms with Crippen LogP contribution in [0.5, 0.6) is 5.75 Å². The SMILES string of the molecule is O=C(COc1ccccc1Cl)NC(=S)Nc1ccc(Cc2nc3cc(Cl)ccc3o2)cc1. The highest BCUT2D eigenvalue weighted by molar-refractivity contribution is 7.80. The molecular weight excluding hydrogens is 469 g/mol. The summed E-state index contributed by atoms with van der Waals surface area (Å²) in [6.07, 6.45) is 0.535. The lowest BCUT2D eigenvalue weighted by Crippen LogP contribution is -2.37. The van der Waals surface area contributed by atoms with E-state index in [9.17, 15) is 4.79 Å². The minimum absolute atomic E-state index is 0.168. The van der Waals surface area contributed by atoms with Gasteiger partial charge in [0.05, 0.1) is 5.02 Å². The fraction of sp³-hybridized carbons (Fsp3) is 0.0870. The van der Waals surface area contributed by atoms with Crippen LogP contribution in [-0.2, 0) is 11.2 Å². The molecule has 0 spiro atoms. The van der Waals surface area contributed by atoms with E-state index in [4.69, 9.17) is 44.6 Å². The molecule has 1 aromatic heterocycles. The van der Waals surface area contributed by atoms with E-state index in [1.807, 2.05) is 24.3 Å². The van der Waals surface area contributed by atoms with Gasteiger partial charge in [0.25, 0.3) is 5.91 Å². The van der Waals surface area contributed by atoms with E-state index in [1.165, 1.54) is 0 Å². The molecule has 0 unspecified atom stereocenters. The average Bonchev–Trinajstić information content (AvgIpc) is 3.16. The molecule has 4 aromatic rings. The number of aromatic nitrogens is 1. The summed E-state index contributed by atoms with van der Waals surface area (Å²) in [5.74, 6) is 0.639. The third-order valence-electron chi connectivity index (χ3n) is 4.41. The highest BCUT2D eigenvalue weighted by Gasteiger charge is 2.09. The quantitative estimate of drug-likeness (QED) is 0.345. The van der Waals surface area contributed by atoms with Crippen LogP contribution in [0.4, 0.5) is 5.69 Å². The number of ether oxygens (including phenoxy) is 1. The molecule has 3 aromatic carbocycles. The van der Waals surface area contributed by atoms with E-state index < -0.39 is 5.91 Å². The van der Waals surface area contributed by atoms with Crippen LogP contribution in [0, 0.1) is 0 Å². The molecular formula is C23H17Cl2N3O3S. The van der Waals surface area contributed by atoms with Crippen molar-refractivity contribution < 1.29 is 13.9 Å². The fourth-order valence-corrected chi connectivity index (χ4v) is 3.52. The van der Waals surface area contributed by atoms with E-state index in [0.29, 0.717) is 33.7 Å². The molecule has 6 nitrogen and oxygen atoms in total. The van der Waals surface area contributed by atoms with Gasteiger partial charge in [0.15, 0.2) is 23.2 Å². The molecule has 0 aliphatic carbocycles. The molecule has 0 aliphatic heterocycles. The van der Waals surface area contributed by atoms with Crippen molar-refractivity contribution in [2.45, 2.75) is 6.42 Å². The van der Waals surface area contributed by atoms with Crippen molar-refractivity contribution in [3.8, 4) is 5.75 Å². The Labute approximate surface area is 199 Å². The second kappa shape index (κ2) is 9.99. The van der Waals surface area contributed by atoms with E-state index in [1.54, 1.807) is 42.5 Å². The maximum Gasteiger partial charge on any atom is 0.264 e. The molecule has 0 atom stereocenters. The number of carbonyl (C=O) groups excluding carboxylic acids is 1. The predicted octanol–water partition coefficient (Wildman–Crippen LogP) is 5.62. The summed E-state index contributed by atoms with van der Waals surface area (Å²) in [6.45, 7) is -0.208. The Morgan fingerprint density at radius 1 is 1.06 bits per heavy atom. The zero-order valence-corrected chi connectivity index (χ0v) is 18.9. The molecule has 2 N–H and O–H groups in total. The number of anilines is 1. The molecule has 1 heterocycles. The number of nitrogens with zero attached hydrogens (tertiary/aromatic N) is 1. The van der Waals surface area contributed by atoms with Crippen molar-refractivity contribution in [1.82, 2.24) is 10.3 Å². The van der Waals surface area contributed by atoms with Crippen LogP contribution >= 0.6 is 35.4 Å². The molecule has 9 heteroatoms. The standard InChI is InChI=1S/C23H17Cl2N3O3S/c24-15-7-10-20-18(12-15)27-22(31-20)11-14-5-8-16(9-6-14)26-23(32)28-21(29)13-30-19-4-2-1-3-17(19)25/h1-10,12H,11,13H2,(H2,26,28,29,32). The molecule has 4 rings (SSSR count). The summed E-state index contributed by atoms with van der Waals surface area (Å²) >= 11 is 17.2. The average molecular weight is 486 g/mol. The lowest BCUT2D eigenvalue weighted by Gasteiger charge is -2.11. The Kier molecular flexibility index (Phi) is 6.90. The first-order valence-electron chi connectivity index (χ1n) is 9.58. The third-order valence-corrected chi connectivity index (χ3v) is 5.16. The number of amides is 1. The zero-order chi connectivity index (χ0) is 22.5. The summed E-state index contributed by atoms with van der Waals surface area (Å²) in [5.41, 5.74) is 3.17. The van der Waals surface area contributed by atoms with Crippen molar-refractivity contribution in [2.75, 3.05) is 11.9 Å². The van der Waals surface area contributed by atoms with Gasteiger partial charge in [0.2, 0.25) is 0 Å². The van der Waals surface area contributed by atoms with Gasteiger partial charge < -0.3 is 14.5 Å². The topological polar surface area (TPSA) is 76.4 Å². The Balaban J connectivity index is 1.28. The number of carbonyl (C=O) groups is 1. The molecule has 1 amide bonds. The van der Waals surface area contributed by atoms with Gasteiger partial charge in [0, 0.05) is 17.1 Å². The number of rotatable bonds is 6. The Hall–Kier alpha value is -3.13. The van der Waals surface area contributed by atoms with Gasteiger partial charge in [-0.3, -0.25) is 10.1 Å². The molecule has 32 heavy (non-hydrogen) atoms. The number of hydrogen-bond donors (Lipinski definition) is 2. The predicted molar refractivity (Wildman–Crippen MR) is 130 cm³/mol. The minimum Gasteiger partial charge on any atom is -0.482 e. The Morgan fingerprint density at radius 3 is 2.62 bits per heavy atom. The van der Waals surface area contributed by atoms with Gasteiger partial charge in [-0.05, 0) is 60.2 Å². The lowest BCUT2D eigenvalue weighted by molar-refractivity contribution is -0.121.